The molecule has 3 heterocycles. The Balaban J connectivity index is 1.88. The zero-order valence-electron chi connectivity index (χ0n) is 11.3. The number of sulfonamides is 1. The van der Waals surface area contributed by atoms with Crippen LogP contribution in [0.5, 0.6) is 0 Å². The molecule has 2 aromatic heterocycles. The van der Waals surface area contributed by atoms with Gasteiger partial charge in [0.1, 0.15) is 4.21 Å². The number of aliphatic hydroxyl groups excluding tert-OH is 1. The lowest BCUT2D eigenvalue weighted by molar-refractivity contribution is 0.142. The number of rotatable bonds is 4. The average Bonchev–Trinajstić information content (AvgIpc) is 3.12. The fraction of sp³-hybridized carbons (Fsp3) is 0.357. The van der Waals surface area contributed by atoms with Crippen molar-refractivity contribution < 1.29 is 13.5 Å². The van der Waals surface area contributed by atoms with Gasteiger partial charge in [0.2, 0.25) is 0 Å². The minimum absolute atomic E-state index is 0.327. The molecule has 0 bridgehead atoms. The second kappa shape index (κ2) is 5.84. The van der Waals surface area contributed by atoms with Gasteiger partial charge in [-0.3, -0.25) is 4.98 Å². The maximum absolute atomic E-state index is 12.7. The van der Waals surface area contributed by atoms with Gasteiger partial charge >= 0.3 is 0 Å². The molecule has 0 saturated carbocycles. The molecule has 0 aliphatic carbocycles. The Labute approximate surface area is 127 Å². The third-order valence-electron chi connectivity index (χ3n) is 3.68. The van der Waals surface area contributed by atoms with E-state index in [2.05, 4.69) is 4.98 Å². The summed E-state index contributed by atoms with van der Waals surface area (Å²) in [6.07, 6.45) is 3.69. The molecule has 5 nitrogen and oxygen atoms in total. The molecule has 21 heavy (non-hydrogen) atoms. The van der Waals surface area contributed by atoms with Crippen LogP contribution in [0.3, 0.4) is 0 Å². The number of nitrogens with zero attached hydrogens (tertiary/aromatic N) is 2. The Morgan fingerprint density at radius 2 is 2.24 bits per heavy atom. The summed E-state index contributed by atoms with van der Waals surface area (Å²) >= 11 is 1.20. The third kappa shape index (κ3) is 2.87. The molecule has 1 saturated heterocycles. The van der Waals surface area contributed by atoms with Gasteiger partial charge in [-0.2, -0.15) is 4.31 Å². The van der Waals surface area contributed by atoms with E-state index in [1.54, 1.807) is 29.9 Å². The van der Waals surface area contributed by atoms with Crippen molar-refractivity contribution in [1.82, 2.24) is 9.29 Å². The van der Waals surface area contributed by atoms with E-state index < -0.39 is 22.2 Å². The summed E-state index contributed by atoms with van der Waals surface area (Å²) in [4.78, 5) is 4.04. The van der Waals surface area contributed by atoms with Gasteiger partial charge in [0.25, 0.3) is 10.0 Å². The zero-order chi connectivity index (χ0) is 14.9. The lowest BCUT2D eigenvalue weighted by Gasteiger charge is -2.25. The van der Waals surface area contributed by atoms with Crippen LogP contribution in [-0.2, 0) is 16.4 Å². The molecule has 0 aromatic carbocycles. The Morgan fingerprint density at radius 3 is 2.90 bits per heavy atom. The highest BCUT2D eigenvalue weighted by molar-refractivity contribution is 7.91. The molecule has 1 aliphatic rings. The standard InChI is InChI=1S/C14H16N2O3S2/c17-13-5-7-16(21(18,19)14-4-2-8-20-14)12(13)9-11-3-1-6-15-10-11/h1-4,6,8,10,12-13,17H,5,7,9H2/t12-,13-/m1/s1. The number of aromatic nitrogens is 1. The first-order chi connectivity index (χ1) is 10.1. The zero-order valence-corrected chi connectivity index (χ0v) is 12.9. The van der Waals surface area contributed by atoms with Crippen molar-refractivity contribution in [2.45, 2.75) is 29.2 Å². The van der Waals surface area contributed by atoms with Crippen molar-refractivity contribution in [2.24, 2.45) is 0 Å². The van der Waals surface area contributed by atoms with E-state index in [9.17, 15) is 13.5 Å². The summed E-state index contributed by atoms with van der Waals surface area (Å²) in [5.41, 5.74) is 0.926. The van der Waals surface area contributed by atoms with E-state index in [0.29, 0.717) is 23.6 Å². The topological polar surface area (TPSA) is 70.5 Å². The number of aliphatic hydroxyl groups is 1. The quantitative estimate of drug-likeness (QED) is 0.925. The van der Waals surface area contributed by atoms with Crippen molar-refractivity contribution in [3.8, 4) is 0 Å². The summed E-state index contributed by atoms with van der Waals surface area (Å²) in [5, 5.41) is 11.9. The molecule has 1 N–H and O–H groups in total. The van der Waals surface area contributed by atoms with Crippen LogP contribution in [0.1, 0.15) is 12.0 Å². The van der Waals surface area contributed by atoms with Crippen molar-refractivity contribution in [3.63, 3.8) is 0 Å². The van der Waals surface area contributed by atoms with Crippen LogP contribution >= 0.6 is 11.3 Å². The number of thiophene rings is 1. The Morgan fingerprint density at radius 1 is 1.38 bits per heavy atom. The Hall–Kier alpha value is -1.28. The van der Waals surface area contributed by atoms with Crippen LogP contribution < -0.4 is 0 Å². The Bertz CT molecular complexity index is 686. The second-order valence-electron chi connectivity index (χ2n) is 5.04. The predicted molar refractivity (Wildman–Crippen MR) is 80.6 cm³/mol. The average molecular weight is 324 g/mol. The Kier molecular flexibility index (Phi) is 4.08. The van der Waals surface area contributed by atoms with E-state index >= 15 is 0 Å². The third-order valence-corrected chi connectivity index (χ3v) is 6.98. The number of hydrogen-bond donors (Lipinski definition) is 1. The van der Waals surface area contributed by atoms with E-state index in [0.717, 1.165) is 5.56 Å². The van der Waals surface area contributed by atoms with Crippen LogP contribution in [0, 0.1) is 0 Å². The van der Waals surface area contributed by atoms with E-state index in [1.165, 1.54) is 15.6 Å². The molecule has 7 heteroatoms. The summed E-state index contributed by atoms with van der Waals surface area (Å²) in [6.45, 7) is 0.354. The molecule has 1 fully saturated rings. The minimum atomic E-state index is -3.53. The van der Waals surface area contributed by atoms with Crippen LogP contribution in [0.2, 0.25) is 0 Å². The summed E-state index contributed by atoms with van der Waals surface area (Å²) in [6, 6.07) is 6.61. The second-order valence-corrected chi connectivity index (χ2v) is 8.10. The van der Waals surface area contributed by atoms with Gasteiger partial charge in [-0.15, -0.1) is 11.3 Å². The molecule has 0 unspecified atom stereocenters. The molecule has 112 valence electrons. The van der Waals surface area contributed by atoms with Crippen LogP contribution in [-0.4, -0.2) is 41.5 Å². The summed E-state index contributed by atoms with van der Waals surface area (Å²) in [5.74, 6) is 0. The number of pyridine rings is 1. The maximum atomic E-state index is 12.7. The fourth-order valence-electron chi connectivity index (χ4n) is 2.63. The first-order valence-electron chi connectivity index (χ1n) is 6.71. The molecule has 2 atom stereocenters. The van der Waals surface area contributed by atoms with Crippen molar-refractivity contribution in [3.05, 3.63) is 47.6 Å². The lowest BCUT2D eigenvalue weighted by atomic mass is 10.0. The van der Waals surface area contributed by atoms with E-state index in [-0.39, 0.29) is 0 Å². The molecular weight excluding hydrogens is 308 g/mol. The SMILES string of the molecule is O=S(=O)(c1cccs1)N1CC[C@@H](O)[C@H]1Cc1cccnc1. The molecule has 0 amide bonds. The van der Waals surface area contributed by atoms with Gasteiger partial charge in [0.05, 0.1) is 12.1 Å². The lowest BCUT2D eigenvalue weighted by Crippen LogP contribution is -2.40. The van der Waals surface area contributed by atoms with Gasteiger partial charge in [0, 0.05) is 18.9 Å². The predicted octanol–water partition coefficient (Wildman–Crippen LogP) is 1.51. The monoisotopic (exact) mass is 324 g/mol. The molecule has 0 spiro atoms. The van der Waals surface area contributed by atoms with Gasteiger partial charge in [-0.1, -0.05) is 12.1 Å². The van der Waals surface area contributed by atoms with Crippen molar-refractivity contribution in [2.75, 3.05) is 6.54 Å². The smallest absolute Gasteiger partial charge is 0.252 e. The van der Waals surface area contributed by atoms with Gasteiger partial charge < -0.3 is 5.11 Å². The van der Waals surface area contributed by atoms with Crippen LogP contribution in [0.15, 0.2) is 46.2 Å². The first-order valence-corrected chi connectivity index (χ1v) is 9.03. The maximum Gasteiger partial charge on any atom is 0.252 e. The molecule has 1 aliphatic heterocycles. The highest BCUT2D eigenvalue weighted by atomic mass is 32.2. The molecular formula is C14H16N2O3S2. The van der Waals surface area contributed by atoms with Gasteiger partial charge in [-0.05, 0) is 35.9 Å². The fourth-order valence-corrected chi connectivity index (χ4v) is 5.42. The summed E-state index contributed by atoms with van der Waals surface area (Å²) in [7, 11) is -3.53. The number of hydrogen-bond acceptors (Lipinski definition) is 5. The highest BCUT2D eigenvalue weighted by Gasteiger charge is 2.41. The van der Waals surface area contributed by atoms with Gasteiger partial charge in [0.15, 0.2) is 0 Å². The van der Waals surface area contributed by atoms with Crippen molar-refractivity contribution in [1.29, 1.82) is 0 Å². The normalized spacial score (nSPS) is 23.5. The van der Waals surface area contributed by atoms with Crippen LogP contribution in [0.4, 0.5) is 0 Å². The van der Waals surface area contributed by atoms with Crippen molar-refractivity contribution >= 4 is 21.4 Å². The first kappa shape index (κ1) is 14.6. The highest BCUT2D eigenvalue weighted by Crippen LogP contribution is 2.30. The van der Waals surface area contributed by atoms with Gasteiger partial charge in [-0.25, -0.2) is 8.42 Å². The van der Waals surface area contributed by atoms with E-state index in [1.807, 2.05) is 12.1 Å². The molecule has 0 radical (unpaired) electrons. The van der Waals surface area contributed by atoms with Crippen LogP contribution in [0.25, 0.3) is 0 Å². The molecule has 3 rings (SSSR count). The molecule has 2 aromatic rings. The summed E-state index contributed by atoms with van der Waals surface area (Å²) < 4.78 is 27.1. The largest absolute Gasteiger partial charge is 0.391 e. The minimum Gasteiger partial charge on any atom is -0.391 e. The van der Waals surface area contributed by atoms with E-state index in [4.69, 9.17) is 0 Å².